The molecule has 0 radical (unpaired) electrons. The molecule has 2 heteroatoms. The van der Waals surface area contributed by atoms with Gasteiger partial charge in [0.05, 0.1) is 5.41 Å². The van der Waals surface area contributed by atoms with Gasteiger partial charge in [-0.15, -0.1) is 0 Å². The van der Waals surface area contributed by atoms with Gasteiger partial charge in [0.25, 0.3) is 0 Å². The van der Waals surface area contributed by atoms with Gasteiger partial charge in [-0.1, -0.05) is 182 Å². The van der Waals surface area contributed by atoms with Crippen LogP contribution < -0.4 is 4.90 Å². The van der Waals surface area contributed by atoms with Crippen LogP contribution in [0.1, 0.15) is 22.3 Å². The van der Waals surface area contributed by atoms with Crippen molar-refractivity contribution in [3.8, 4) is 33.4 Å². The molecule has 0 aliphatic heterocycles. The lowest BCUT2D eigenvalue weighted by atomic mass is 9.67. The minimum atomic E-state index is -0.503. The Bertz CT molecular complexity index is 3020. The van der Waals surface area contributed by atoms with Crippen molar-refractivity contribution in [3.05, 3.63) is 247 Å². The molecule has 1 aliphatic rings. The van der Waals surface area contributed by atoms with Crippen molar-refractivity contribution in [2.45, 2.75) is 5.41 Å². The monoisotopic (exact) mass is 727 g/mol. The van der Waals surface area contributed by atoms with Crippen LogP contribution in [0.2, 0.25) is 0 Å². The third kappa shape index (κ3) is 5.26. The van der Waals surface area contributed by atoms with Crippen molar-refractivity contribution in [1.29, 1.82) is 0 Å². The molecule has 9 aromatic carbocycles. The number of rotatable bonds is 7. The summed E-state index contributed by atoms with van der Waals surface area (Å²) in [5.74, 6) is 0. The van der Waals surface area contributed by atoms with Crippen molar-refractivity contribution < 1.29 is 4.42 Å². The molecule has 0 saturated carbocycles. The van der Waals surface area contributed by atoms with Crippen LogP contribution in [0, 0.1) is 0 Å². The third-order valence-corrected chi connectivity index (χ3v) is 11.7. The van der Waals surface area contributed by atoms with Gasteiger partial charge in [0.2, 0.25) is 0 Å². The second-order valence-electron chi connectivity index (χ2n) is 14.8. The molecule has 0 bridgehead atoms. The van der Waals surface area contributed by atoms with Crippen LogP contribution in [-0.2, 0) is 5.41 Å². The summed E-state index contributed by atoms with van der Waals surface area (Å²) in [6.07, 6.45) is 0. The summed E-state index contributed by atoms with van der Waals surface area (Å²) in [5, 5.41) is 2.27. The minimum absolute atomic E-state index is 0.503. The van der Waals surface area contributed by atoms with Crippen LogP contribution in [-0.4, -0.2) is 0 Å². The Hall–Kier alpha value is -7.42. The molecule has 1 heterocycles. The predicted molar refractivity (Wildman–Crippen MR) is 237 cm³/mol. The minimum Gasteiger partial charge on any atom is -0.455 e. The van der Waals surface area contributed by atoms with E-state index in [4.69, 9.17) is 4.42 Å². The van der Waals surface area contributed by atoms with E-state index in [1.807, 2.05) is 12.1 Å². The van der Waals surface area contributed by atoms with E-state index in [1.54, 1.807) is 0 Å². The molecule has 0 amide bonds. The smallest absolute Gasteiger partial charge is 0.143 e. The molecule has 0 spiro atoms. The van der Waals surface area contributed by atoms with Crippen molar-refractivity contribution in [2.24, 2.45) is 0 Å². The molecule has 2 nitrogen and oxygen atoms in total. The Morgan fingerprint density at radius 1 is 0.333 bits per heavy atom. The highest BCUT2D eigenvalue weighted by molar-refractivity contribution is 6.09. The molecule has 11 rings (SSSR count). The molecule has 57 heavy (non-hydrogen) atoms. The van der Waals surface area contributed by atoms with E-state index < -0.39 is 5.41 Å². The number of hydrogen-bond donors (Lipinski definition) is 0. The highest BCUT2D eigenvalue weighted by atomic mass is 16.3. The van der Waals surface area contributed by atoms with Crippen LogP contribution in [0.5, 0.6) is 0 Å². The van der Waals surface area contributed by atoms with E-state index in [2.05, 4.69) is 217 Å². The Labute approximate surface area is 332 Å². The number of anilines is 3. The lowest BCUT2D eigenvalue weighted by Crippen LogP contribution is -2.28. The first-order valence-electron chi connectivity index (χ1n) is 19.6. The highest BCUT2D eigenvalue weighted by Crippen LogP contribution is 2.56. The quantitative estimate of drug-likeness (QED) is 0.163. The maximum atomic E-state index is 6.46. The maximum Gasteiger partial charge on any atom is 0.143 e. The van der Waals surface area contributed by atoms with E-state index >= 15 is 0 Å². The number of furan rings is 1. The molecule has 0 unspecified atom stereocenters. The molecular weight excluding hydrogens is 691 g/mol. The largest absolute Gasteiger partial charge is 0.455 e. The van der Waals surface area contributed by atoms with Gasteiger partial charge in [-0.05, 0) is 92.5 Å². The molecule has 0 N–H and O–H groups in total. The molecule has 1 aliphatic carbocycles. The van der Waals surface area contributed by atoms with Crippen molar-refractivity contribution in [3.63, 3.8) is 0 Å². The number of hydrogen-bond acceptors (Lipinski definition) is 2. The summed E-state index contributed by atoms with van der Waals surface area (Å²) in [7, 11) is 0. The fourth-order valence-corrected chi connectivity index (χ4v) is 9.26. The lowest BCUT2D eigenvalue weighted by Gasteiger charge is -2.35. The number of fused-ring (bicyclic) bond motifs is 6. The molecule has 1 aromatic heterocycles. The Morgan fingerprint density at radius 3 is 1.63 bits per heavy atom. The first-order chi connectivity index (χ1) is 28.3. The zero-order valence-corrected chi connectivity index (χ0v) is 31.2. The zero-order chi connectivity index (χ0) is 37.8. The molecule has 0 fully saturated rings. The van der Waals surface area contributed by atoms with E-state index in [0.717, 1.165) is 50.1 Å². The maximum absolute atomic E-state index is 6.46. The SMILES string of the molecule is c1ccc(-c2cccc(N(c3ccc(-c4cccc5c4oc4ccccc45)cc3)c3cccc(C4(c5ccccc5)c5ccccc5-c5ccccc54)c3)c2)cc1. The first-order valence-corrected chi connectivity index (χ1v) is 19.6. The van der Waals surface area contributed by atoms with Gasteiger partial charge in [0.1, 0.15) is 11.2 Å². The van der Waals surface area contributed by atoms with Crippen molar-refractivity contribution in [1.82, 2.24) is 0 Å². The highest BCUT2D eigenvalue weighted by Gasteiger charge is 2.46. The molecule has 0 saturated heterocycles. The number of para-hydroxylation sites is 2. The molecule has 10 aromatic rings. The fourth-order valence-electron chi connectivity index (χ4n) is 9.26. The van der Waals surface area contributed by atoms with E-state index in [1.165, 1.54) is 44.5 Å². The first kappa shape index (κ1) is 33.0. The lowest BCUT2D eigenvalue weighted by molar-refractivity contribution is 0.670. The summed E-state index contributed by atoms with van der Waals surface area (Å²) in [6, 6.07) is 81.2. The molecule has 0 atom stereocenters. The summed E-state index contributed by atoms with van der Waals surface area (Å²) in [6.45, 7) is 0. The van der Waals surface area contributed by atoms with Crippen molar-refractivity contribution >= 4 is 39.0 Å². The summed E-state index contributed by atoms with van der Waals surface area (Å²) >= 11 is 0. The van der Waals surface area contributed by atoms with Crippen LogP contribution in [0.15, 0.2) is 229 Å². The van der Waals surface area contributed by atoms with Gasteiger partial charge >= 0.3 is 0 Å². The average Bonchev–Trinajstić information content (AvgIpc) is 3.82. The van der Waals surface area contributed by atoms with E-state index in [-0.39, 0.29) is 0 Å². The molecule has 268 valence electrons. The van der Waals surface area contributed by atoms with E-state index in [0.29, 0.717) is 0 Å². The van der Waals surface area contributed by atoms with Crippen LogP contribution in [0.4, 0.5) is 17.1 Å². The third-order valence-electron chi connectivity index (χ3n) is 11.7. The second kappa shape index (κ2) is 13.4. The van der Waals surface area contributed by atoms with E-state index in [9.17, 15) is 0 Å². The standard InChI is InChI=1S/C55H37NO/c1-3-16-38(17-4-1)40-18-13-22-44(36-40)56(43-34-32-39(33-35-43)46-27-15-28-50-49-26-9-12-31-53(49)57-54(46)50)45-23-14-21-42(37-45)55(41-19-5-2-6-20-41)51-29-10-7-24-47(51)48-25-8-11-30-52(48)55/h1-37H. The van der Waals surface area contributed by atoms with Crippen LogP contribution in [0.3, 0.4) is 0 Å². The Morgan fingerprint density at radius 2 is 0.877 bits per heavy atom. The second-order valence-corrected chi connectivity index (χ2v) is 14.8. The average molecular weight is 728 g/mol. The topological polar surface area (TPSA) is 16.4 Å². The Kier molecular flexibility index (Phi) is 7.75. The Balaban J connectivity index is 1.10. The normalized spacial score (nSPS) is 12.7. The van der Waals surface area contributed by atoms with Crippen LogP contribution >= 0.6 is 0 Å². The van der Waals surface area contributed by atoms with Gasteiger partial charge in [-0.2, -0.15) is 0 Å². The van der Waals surface area contributed by atoms with Gasteiger partial charge in [-0.25, -0.2) is 0 Å². The van der Waals surface area contributed by atoms with Gasteiger partial charge in [0.15, 0.2) is 0 Å². The molecular formula is C55H37NO. The summed E-state index contributed by atoms with van der Waals surface area (Å²) in [5.41, 5.74) is 16.7. The summed E-state index contributed by atoms with van der Waals surface area (Å²) < 4.78 is 6.46. The number of benzene rings is 9. The summed E-state index contributed by atoms with van der Waals surface area (Å²) in [4.78, 5) is 2.40. The van der Waals surface area contributed by atoms with Gasteiger partial charge < -0.3 is 9.32 Å². The van der Waals surface area contributed by atoms with Crippen molar-refractivity contribution in [2.75, 3.05) is 4.90 Å². The van der Waals surface area contributed by atoms with Crippen LogP contribution in [0.25, 0.3) is 55.3 Å². The fraction of sp³-hybridized carbons (Fsp3) is 0.0182. The predicted octanol–water partition coefficient (Wildman–Crippen LogP) is 14.8. The van der Waals surface area contributed by atoms with Gasteiger partial charge in [0, 0.05) is 33.4 Å². The number of nitrogens with zero attached hydrogens (tertiary/aromatic N) is 1. The zero-order valence-electron chi connectivity index (χ0n) is 31.2. The van der Waals surface area contributed by atoms with Gasteiger partial charge in [-0.3, -0.25) is 0 Å².